The Morgan fingerprint density at radius 3 is 2.31 bits per heavy atom. The molecule has 2 aromatic heterocycles. The van der Waals surface area contributed by atoms with Gasteiger partial charge in [-0.1, -0.05) is 0 Å². The van der Waals surface area contributed by atoms with E-state index in [1.54, 1.807) is 32.6 Å². The van der Waals surface area contributed by atoms with E-state index in [0.29, 0.717) is 37.6 Å². The number of aromatic nitrogens is 2. The lowest BCUT2D eigenvalue weighted by Gasteiger charge is -2.35. The van der Waals surface area contributed by atoms with Crippen molar-refractivity contribution in [3.05, 3.63) is 58.1 Å². The summed E-state index contributed by atoms with van der Waals surface area (Å²) in [5.74, 6) is 0.145. The van der Waals surface area contributed by atoms with Gasteiger partial charge in [-0.2, -0.15) is 13.2 Å². The molecule has 36 heavy (non-hydrogen) atoms. The van der Waals surface area contributed by atoms with E-state index >= 15 is 0 Å². The summed E-state index contributed by atoms with van der Waals surface area (Å²) in [5, 5.41) is 2.67. The average Bonchev–Trinajstić information content (AvgIpc) is 2.78. The van der Waals surface area contributed by atoms with Gasteiger partial charge in [-0.3, -0.25) is 9.59 Å². The molecule has 1 atom stereocenters. The fourth-order valence-electron chi connectivity index (χ4n) is 3.71. The molecule has 1 fully saturated rings. The number of alkyl carbamates (subject to hydrolysis) is 1. The second kappa shape index (κ2) is 10.6. The molecule has 1 saturated heterocycles. The summed E-state index contributed by atoms with van der Waals surface area (Å²) in [4.78, 5) is 44.7. The van der Waals surface area contributed by atoms with Crippen LogP contribution in [-0.4, -0.2) is 64.3 Å². The molecule has 0 radical (unpaired) electrons. The summed E-state index contributed by atoms with van der Waals surface area (Å²) in [5.41, 5.74) is -1.46. The first-order valence-electron chi connectivity index (χ1n) is 11.5. The zero-order chi connectivity index (χ0) is 26.7. The number of anilines is 1. The highest BCUT2D eigenvalue weighted by Gasteiger charge is 2.31. The predicted molar refractivity (Wildman–Crippen MR) is 127 cm³/mol. The average molecular weight is 510 g/mol. The maximum atomic E-state index is 13.0. The fraction of sp³-hybridized carbons (Fsp3) is 0.500. The van der Waals surface area contributed by atoms with Gasteiger partial charge in [0.1, 0.15) is 11.4 Å². The lowest BCUT2D eigenvalue weighted by molar-refractivity contribution is -0.137. The van der Waals surface area contributed by atoms with Crippen molar-refractivity contribution in [1.82, 2.24) is 19.8 Å². The summed E-state index contributed by atoms with van der Waals surface area (Å²) < 4.78 is 44.9. The molecule has 0 spiro atoms. The zero-order valence-corrected chi connectivity index (χ0v) is 20.6. The molecule has 0 aromatic carbocycles. The molecular weight excluding hydrogens is 479 g/mol. The molecule has 1 aliphatic heterocycles. The van der Waals surface area contributed by atoms with Crippen LogP contribution < -0.4 is 15.8 Å². The van der Waals surface area contributed by atoms with Crippen molar-refractivity contribution in [3.8, 4) is 0 Å². The minimum absolute atomic E-state index is 0.145. The molecular formula is C24H30F3N5O4. The first-order chi connectivity index (χ1) is 16.7. The summed E-state index contributed by atoms with van der Waals surface area (Å²) in [6.45, 7) is 8.60. The van der Waals surface area contributed by atoms with Gasteiger partial charge < -0.3 is 24.4 Å². The highest BCUT2D eigenvalue weighted by atomic mass is 19.4. The van der Waals surface area contributed by atoms with Crippen LogP contribution in [0, 0.1) is 0 Å². The van der Waals surface area contributed by atoms with Gasteiger partial charge in [0.05, 0.1) is 11.1 Å². The predicted octanol–water partition coefficient (Wildman–Crippen LogP) is 3.14. The number of hydrogen-bond donors (Lipinski definition) is 1. The Morgan fingerprint density at radius 2 is 1.75 bits per heavy atom. The van der Waals surface area contributed by atoms with E-state index in [0.717, 1.165) is 12.3 Å². The number of ether oxygens (including phenoxy) is 1. The largest absolute Gasteiger partial charge is 0.444 e. The first kappa shape index (κ1) is 27.0. The molecule has 2 amide bonds. The fourth-order valence-corrected chi connectivity index (χ4v) is 3.71. The second-order valence-corrected chi connectivity index (χ2v) is 9.64. The molecule has 0 saturated carbocycles. The Balaban J connectivity index is 1.60. The van der Waals surface area contributed by atoms with Gasteiger partial charge in [-0.25, -0.2) is 9.78 Å². The Kier molecular flexibility index (Phi) is 7.95. The molecule has 0 aliphatic carbocycles. The zero-order valence-electron chi connectivity index (χ0n) is 20.6. The van der Waals surface area contributed by atoms with Crippen LogP contribution in [0.3, 0.4) is 0 Å². The van der Waals surface area contributed by atoms with Gasteiger partial charge in [0.25, 0.3) is 11.5 Å². The summed E-state index contributed by atoms with van der Waals surface area (Å²) in [7, 11) is 0. The normalized spacial score (nSPS) is 15.4. The molecule has 0 bridgehead atoms. The molecule has 3 heterocycles. The van der Waals surface area contributed by atoms with Gasteiger partial charge in [0, 0.05) is 57.2 Å². The van der Waals surface area contributed by atoms with Crippen molar-refractivity contribution < 1.29 is 27.5 Å². The maximum Gasteiger partial charge on any atom is 0.417 e. The third kappa shape index (κ3) is 7.22. The number of carbonyl (C=O) groups is 2. The SMILES string of the molecule is C[C@@H](Cn1cc(C(=O)N2CCN(c3ccc(C(F)(F)F)cn3)CC2)ccc1=O)NC(=O)OC(C)(C)C. The minimum Gasteiger partial charge on any atom is -0.444 e. The quantitative estimate of drug-likeness (QED) is 0.665. The van der Waals surface area contributed by atoms with E-state index < -0.39 is 29.5 Å². The van der Waals surface area contributed by atoms with Crippen LogP contribution in [0.2, 0.25) is 0 Å². The van der Waals surface area contributed by atoms with Gasteiger partial charge in [-0.15, -0.1) is 0 Å². The number of carbonyl (C=O) groups excluding carboxylic acids is 2. The van der Waals surface area contributed by atoms with Crippen LogP contribution in [-0.2, 0) is 17.5 Å². The van der Waals surface area contributed by atoms with Gasteiger partial charge >= 0.3 is 12.3 Å². The minimum atomic E-state index is -4.45. The van der Waals surface area contributed by atoms with Crippen molar-refractivity contribution in [1.29, 1.82) is 0 Å². The van der Waals surface area contributed by atoms with Crippen LogP contribution >= 0.6 is 0 Å². The molecule has 12 heteroatoms. The Labute approximate surface area is 206 Å². The Morgan fingerprint density at radius 1 is 1.08 bits per heavy atom. The standard InChI is InChI=1S/C24H30F3N5O4/c1-16(29-22(35)36-23(2,3)4)14-32-15-17(5-8-20(32)33)21(34)31-11-9-30(10-12-31)19-7-6-18(13-28-19)24(25,26)27/h5-8,13,15-16H,9-12,14H2,1-4H3,(H,29,35)/t16-/m0/s1. The molecule has 2 aromatic rings. The van der Waals surface area contributed by atoms with E-state index in [9.17, 15) is 27.6 Å². The van der Waals surface area contributed by atoms with E-state index in [1.165, 1.54) is 29.0 Å². The lowest BCUT2D eigenvalue weighted by atomic mass is 10.2. The van der Waals surface area contributed by atoms with Crippen molar-refractivity contribution in [2.75, 3.05) is 31.1 Å². The smallest absolute Gasteiger partial charge is 0.417 e. The first-order valence-corrected chi connectivity index (χ1v) is 11.5. The van der Waals surface area contributed by atoms with Crippen molar-refractivity contribution in [2.24, 2.45) is 0 Å². The number of hydrogen-bond acceptors (Lipinski definition) is 6. The van der Waals surface area contributed by atoms with E-state index in [-0.39, 0.29) is 18.0 Å². The number of alkyl halides is 3. The van der Waals surface area contributed by atoms with Crippen LogP contribution in [0.1, 0.15) is 43.6 Å². The van der Waals surface area contributed by atoms with Crippen molar-refractivity contribution in [2.45, 2.75) is 52.1 Å². The van der Waals surface area contributed by atoms with Gasteiger partial charge in [0.2, 0.25) is 0 Å². The van der Waals surface area contributed by atoms with E-state index in [2.05, 4.69) is 10.3 Å². The number of amides is 2. The number of halogens is 3. The van der Waals surface area contributed by atoms with Crippen LogP contribution in [0.5, 0.6) is 0 Å². The van der Waals surface area contributed by atoms with Crippen LogP contribution in [0.15, 0.2) is 41.5 Å². The molecule has 1 aliphatic rings. The van der Waals surface area contributed by atoms with Gasteiger partial charge in [0.15, 0.2) is 0 Å². The Bertz CT molecular complexity index is 1130. The monoisotopic (exact) mass is 509 g/mol. The number of nitrogens with one attached hydrogen (secondary N) is 1. The number of rotatable bonds is 5. The second-order valence-electron chi connectivity index (χ2n) is 9.64. The third-order valence-corrected chi connectivity index (χ3v) is 5.43. The molecule has 3 rings (SSSR count). The summed E-state index contributed by atoms with van der Waals surface area (Å²) >= 11 is 0. The van der Waals surface area contributed by atoms with Crippen LogP contribution in [0.4, 0.5) is 23.8 Å². The highest BCUT2D eigenvalue weighted by Crippen LogP contribution is 2.29. The third-order valence-electron chi connectivity index (χ3n) is 5.43. The topological polar surface area (TPSA) is 96.8 Å². The lowest BCUT2D eigenvalue weighted by Crippen LogP contribution is -2.49. The van der Waals surface area contributed by atoms with Crippen molar-refractivity contribution in [3.63, 3.8) is 0 Å². The van der Waals surface area contributed by atoms with E-state index in [1.807, 2.05) is 4.90 Å². The molecule has 196 valence electrons. The molecule has 9 nitrogen and oxygen atoms in total. The maximum absolute atomic E-state index is 13.0. The molecule has 0 unspecified atom stereocenters. The van der Waals surface area contributed by atoms with E-state index in [4.69, 9.17) is 4.74 Å². The van der Waals surface area contributed by atoms with Gasteiger partial charge in [-0.05, 0) is 45.9 Å². The number of pyridine rings is 2. The number of nitrogens with zero attached hydrogens (tertiary/aromatic N) is 4. The number of piperazine rings is 1. The summed E-state index contributed by atoms with van der Waals surface area (Å²) in [6.07, 6.45) is -2.79. The van der Waals surface area contributed by atoms with Crippen LogP contribution in [0.25, 0.3) is 0 Å². The summed E-state index contributed by atoms with van der Waals surface area (Å²) in [6, 6.07) is 4.64. The highest BCUT2D eigenvalue weighted by molar-refractivity contribution is 5.94. The molecule has 1 N–H and O–H groups in total. The Hall–Kier alpha value is -3.57. The van der Waals surface area contributed by atoms with Crippen molar-refractivity contribution >= 4 is 17.8 Å².